The van der Waals surface area contributed by atoms with Crippen molar-refractivity contribution in [1.29, 1.82) is 5.26 Å². The third kappa shape index (κ3) is 2.40. The number of fused-ring (bicyclic) bond motifs is 1. The van der Waals surface area contributed by atoms with Crippen LogP contribution in [0.3, 0.4) is 0 Å². The average Bonchev–Trinajstić information content (AvgIpc) is 3.02. The molecule has 0 fully saturated rings. The van der Waals surface area contributed by atoms with Crippen LogP contribution in [-0.2, 0) is 0 Å². The van der Waals surface area contributed by atoms with E-state index in [-0.39, 0.29) is 5.56 Å². The quantitative estimate of drug-likeness (QED) is 0.602. The lowest BCUT2D eigenvalue weighted by molar-refractivity contribution is 0.890. The number of hydrogen-bond acceptors (Lipinski definition) is 3. The maximum absolute atomic E-state index is 12.9. The standard InChI is InChI=1S/C21H16N4O/c1-13-19(16-8-4-3-5-9-16)24-25-20(13)23-18(14(2)21(25)26)17-10-6-7-15(11-17)12-22/h3-11,24H,1-2H3. The van der Waals surface area contributed by atoms with Crippen LogP contribution in [0.25, 0.3) is 28.2 Å². The van der Waals surface area contributed by atoms with E-state index in [0.717, 1.165) is 22.4 Å². The number of hydrogen-bond donors (Lipinski definition) is 1. The highest BCUT2D eigenvalue weighted by atomic mass is 16.1. The molecule has 26 heavy (non-hydrogen) atoms. The molecule has 0 atom stereocenters. The Hall–Kier alpha value is -3.65. The van der Waals surface area contributed by atoms with Gasteiger partial charge in [0.05, 0.1) is 23.0 Å². The largest absolute Gasteiger partial charge is 0.289 e. The van der Waals surface area contributed by atoms with Gasteiger partial charge < -0.3 is 0 Å². The molecule has 0 saturated carbocycles. The fraction of sp³-hybridized carbons (Fsp3) is 0.0952. The van der Waals surface area contributed by atoms with Crippen LogP contribution in [0, 0.1) is 25.2 Å². The van der Waals surface area contributed by atoms with Crippen LogP contribution in [0.2, 0.25) is 0 Å². The molecule has 0 radical (unpaired) electrons. The molecule has 126 valence electrons. The highest BCUT2D eigenvalue weighted by Gasteiger charge is 2.17. The first-order valence-corrected chi connectivity index (χ1v) is 8.28. The predicted octanol–water partition coefficient (Wildman–Crippen LogP) is 3.85. The lowest BCUT2D eigenvalue weighted by Crippen LogP contribution is -2.19. The second-order valence-electron chi connectivity index (χ2n) is 6.22. The molecule has 0 spiro atoms. The highest BCUT2D eigenvalue weighted by Crippen LogP contribution is 2.26. The molecule has 0 saturated heterocycles. The topological polar surface area (TPSA) is 73.9 Å². The van der Waals surface area contributed by atoms with Crippen molar-refractivity contribution in [2.75, 3.05) is 0 Å². The molecule has 0 unspecified atom stereocenters. The van der Waals surface area contributed by atoms with Gasteiger partial charge in [-0.2, -0.15) is 5.26 Å². The van der Waals surface area contributed by atoms with Crippen LogP contribution < -0.4 is 5.56 Å². The van der Waals surface area contributed by atoms with Crippen molar-refractivity contribution >= 4 is 5.65 Å². The Morgan fingerprint density at radius 3 is 2.46 bits per heavy atom. The zero-order chi connectivity index (χ0) is 18.3. The zero-order valence-corrected chi connectivity index (χ0v) is 14.4. The highest BCUT2D eigenvalue weighted by molar-refractivity contribution is 5.73. The smallest absolute Gasteiger partial charge is 0.276 e. The molecule has 0 aliphatic heterocycles. The summed E-state index contributed by atoms with van der Waals surface area (Å²) in [5.41, 5.74) is 5.69. The van der Waals surface area contributed by atoms with E-state index in [4.69, 9.17) is 10.2 Å². The summed E-state index contributed by atoms with van der Waals surface area (Å²) in [5, 5.41) is 12.3. The second-order valence-corrected chi connectivity index (χ2v) is 6.22. The van der Waals surface area contributed by atoms with E-state index in [2.05, 4.69) is 11.2 Å². The minimum Gasteiger partial charge on any atom is -0.289 e. The fourth-order valence-electron chi connectivity index (χ4n) is 3.17. The van der Waals surface area contributed by atoms with Gasteiger partial charge in [0.2, 0.25) is 0 Å². The van der Waals surface area contributed by atoms with Crippen LogP contribution in [0.5, 0.6) is 0 Å². The van der Waals surface area contributed by atoms with E-state index in [0.29, 0.717) is 22.5 Å². The number of nitrogens with one attached hydrogen (secondary N) is 1. The zero-order valence-electron chi connectivity index (χ0n) is 14.4. The van der Waals surface area contributed by atoms with Crippen molar-refractivity contribution in [3.63, 3.8) is 0 Å². The van der Waals surface area contributed by atoms with Gasteiger partial charge in [0.1, 0.15) is 0 Å². The van der Waals surface area contributed by atoms with Gasteiger partial charge in [-0.15, -0.1) is 0 Å². The summed E-state index contributed by atoms with van der Waals surface area (Å²) < 4.78 is 1.49. The number of nitriles is 1. The van der Waals surface area contributed by atoms with Crippen molar-refractivity contribution in [3.05, 3.63) is 81.6 Å². The van der Waals surface area contributed by atoms with Crippen LogP contribution in [0.15, 0.2) is 59.4 Å². The van der Waals surface area contributed by atoms with Crippen LogP contribution in [-0.4, -0.2) is 14.6 Å². The average molecular weight is 340 g/mol. The van der Waals surface area contributed by atoms with Crippen molar-refractivity contribution in [2.24, 2.45) is 0 Å². The summed E-state index contributed by atoms with van der Waals surface area (Å²) in [5.74, 6) is 0. The summed E-state index contributed by atoms with van der Waals surface area (Å²) in [6.07, 6.45) is 0. The van der Waals surface area contributed by atoms with Gasteiger partial charge in [0, 0.05) is 16.7 Å². The lowest BCUT2D eigenvalue weighted by Gasteiger charge is -2.06. The molecular weight excluding hydrogens is 324 g/mol. The van der Waals surface area contributed by atoms with Gasteiger partial charge >= 0.3 is 0 Å². The molecule has 1 N–H and O–H groups in total. The van der Waals surface area contributed by atoms with Gasteiger partial charge in [0.15, 0.2) is 5.65 Å². The van der Waals surface area contributed by atoms with Crippen molar-refractivity contribution in [2.45, 2.75) is 13.8 Å². The number of nitrogens with zero attached hydrogens (tertiary/aromatic N) is 3. The minimum absolute atomic E-state index is 0.141. The molecule has 0 bridgehead atoms. The fourth-order valence-corrected chi connectivity index (χ4v) is 3.17. The molecular formula is C21H16N4O. The van der Waals surface area contributed by atoms with E-state index in [1.165, 1.54) is 4.52 Å². The molecule has 0 aliphatic carbocycles. The van der Waals surface area contributed by atoms with Gasteiger partial charge in [0.25, 0.3) is 5.56 Å². The Labute approximate surface area is 150 Å². The van der Waals surface area contributed by atoms with Crippen LogP contribution in [0.1, 0.15) is 16.7 Å². The number of rotatable bonds is 2. The van der Waals surface area contributed by atoms with E-state index in [1.807, 2.05) is 43.3 Å². The van der Waals surface area contributed by atoms with E-state index < -0.39 is 0 Å². The summed E-state index contributed by atoms with van der Waals surface area (Å²) in [6.45, 7) is 3.71. The molecule has 2 heterocycles. The third-order valence-corrected chi connectivity index (χ3v) is 4.57. The van der Waals surface area contributed by atoms with Gasteiger partial charge in [-0.25, -0.2) is 9.50 Å². The summed E-state index contributed by atoms with van der Waals surface area (Å²) in [4.78, 5) is 17.6. The number of aryl methyl sites for hydroxylation is 1. The normalized spacial score (nSPS) is 10.8. The van der Waals surface area contributed by atoms with Crippen molar-refractivity contribution in [1.82, 2.24) is 14.6 Å². The number of benzene rings is 2. The molecule has 0 aliphatic rings. The second kappa shape index (κ2) is 6.01. The number of H-pyrrole nitrogens is 1. The van der Waals surface area contributed by atoms with Crippen molar-refractivity contribution < 1.29 is 0 Å². The summed E-state index contributed by atoms with van der Waals surface area (Å²) >= 11 is 0. The molecule has 4 aromatic rings. The Bertz CT molecular complexity index is 1230. The predicted molar refractivity (Wildman–Crippen MR) is 101 cm³/mol. The first-order valence-electron chi connectivity index (χ1n) is 8.28. The maximum atomic E-state index is 12.9. The van der Waals surface area contributed by atoms with E-state index in [9.17, 15) is 4.79 Å². The lowest BCUT2D eigenvalue weighted by atomic mass is 10.0. The van der Waals surface area contributed by atoms with Crippen LogP contribution in [0.4, 0.5) is 0 Å². The molecule has 0 amide bonds. The molecule has 4 rings (SSSR count). The minimum atomic E-state index is -0.141. The Balaban J connectivity index is 2.01. The Morgan fingerprint density at radius 2 is 1.73 bits per heavy atom. The molecule has 2 aromatic heterocycles. The van der Waals surface area contributed by atoms with Crippen LogP contribution >= 0.6 is 0 Å². The third-order valence-electron chi connectivity index (χ3n) is 4.57. The Kier molecular flexibility index (Phi) is 3.67. The van der Waals surface area contributed by atoms with Gasteiger partial charge in [-0.3, -0.25) is 9.89 Å². The summed E-state index contributed by atoms with van der Waals surface area (Å²) in [6, 6.07) is 19.1. The van der Waals surface area contributed by atoms with E-state index in [1.54, 1.807) is 25.1 Å². The molecule has 2 aromatic carbocycles. The number of aromatic amines is 1. The summed E-state index contributed by atoms with van der Waals surface area (Å²) in [7, 11) is 0. The molecule has 5 heteroatoms. The van der Waals surface area contributed by atoms with Gasteiger partial charge in [-0.05, 0) is 31.5 Å². The van der Waals surface area contributed by atoms with Gasteiger partial charge in [-0.1, -0.05) is 42.5 Å². The number of aromatic nitrogens is 3. The first-order chi connectivity index (χ1) is 12.6. The SMILES string of the molecule is Cc1c(-c2cccc(C#N)c2)nc2c(C)c(-c3ccccc3)[nH]n2c1=O. The first kappa shape index (κ1) is 15.9. The van der Waals surface area contributed by atoms with Crippen molar-refractivity contribution in [3.8, 4) is 28.6 Å². The monoisotopic (exact) mass is 340 g/mol. The molecule has 5 nitrogen and oxygen atoms in total. The Morgan fingerprint density at radius 1 is 1.00 bits per heavy atom. The maximum Gasteiger partial charge on any atom is 0.276 e. The van der Waals surface area contributed by atoms with E-state index >= 15 is 0 Å².